The molecule has 1 aromatic heterocycles. The highest BCUT2D eigenvalue weighted by atomic mass is 19.4. The maximum Gasteiger partial charge on any atom is 0.416 e. The number of hydrogen-bond acceptors (Lipinski definition) is 3. The second-order valence-corrected chi connectivity index (χ2v) is 7.24. The summed E-state index contributed by atoms with van der Waals surface area (Å²) in [5.41, 5.74) is 2.13. The molecule has 4 rings (SSSR count). The van der Waals surface area contributed by atoms with Gasteiger partial charge in [-0.2, -0.15) is 18.3 Å². The zero-order valence-electron chi connectivity index (χ0n) is 17.0. The Balaban J connectivity index is 1.69. The normalized spacial score (nSPS) is 11.4. The van der Waals surface area contributed by atoms with Crippen molar-refractivity contribution >= 4 is 11.7 Å². The molecule has 0 saturated carbocycles. The number of aromatic nitrogens is 2. The molecule has 168 valence electrons. The van der Waals surface area contributed by atoms with Gasteiger partial charge in [-0.1, -0.05) is 18.2 Å². The number of nitrogens with zero attached hydrogens (tertiary/aromatic N) is 2. The summed E-state index contributed by atoms with van der Waals surface area (Å²) in [6.07, 6.45) is -2.78. The molecular formula is C24H17F4N3O2. The fraction of sp³-hybridized carbons (Fsp3) is 0.0833. The average molecular weight is 455 g/mol. The molecule has 0 aliphatic carbocycles. The van der Waals surface area contributed by atoms with Gasteiger partial charge in [0.25, 0.3) is 0 Å². The van der Waals surface area contributed by atoms with E-state index in [9.17, 15) is 22.4 Å². The lowest BCUT2D eigenvalue weighted by Gasteiger charge is -2.07. The second kappa shape index (κ2) is 8.78. The quantitative estimate of drug-likeness (QED) is 0.350. The average Bonchev–Trinajstić information content (AvgIpc) is 3.21. The van der Waals surface area contributed by atoms with Gasteiger partial charge in [0.1, 0.15) is 5.82 Å². The van der Waals surface area contributed by atoms with Gasteiger partial charge in [0.05, 0.1) is 22.5 Å². The number of anilines is 1. The molecule has 0 fully saturated rings. The Morgan fingerprint density at radius 2 is 1.70 bits per heavy atom. The second-order valence-electron chi connectivity index (χ2n) is 7.24. The summed E-state index contributed by atoms with van der Waals surface area (Å²) in [6, 6.07) is 16.6. The van der Waals surface area contributed by atoms with Crippen molar-refractivity contribution in [2.45, 2.75) is 12.7 Å². The minimum atomic E-state index is -4.44. The number of carbonyl (C=O) groups is 1. The molecule has 4 aromatic rings. The largest absolute Gasteiger partial charge is 0.478 e. The summed E-state index contributed by atoms with van der Waals surface area (Å²) in [4.78, 5) is 11.1. The van der Waals surface area contributed by atoms with Crippen molar-refractivity contribution < 1.29 is 27.5 Å². The maximum atomic E-state index is 13.5. The van der Waals surface area contributed by atoms with E-state index in [2.05, 4.69) is 10.4 Å². The summed E-state index contributed by atoms with van der Waals surface area (Å²) < 4.78 is 53.6. The smallest absolute Gasteiger partial charge is 0.416 e. The van der Waals surface area contributed by atoms with E-state index in [1.54, 1.807) is 30.5 Å². The highest BCUT2D eigenvalue weighted by Crippen LogP contribution is 2.30. The Bertz CT molecular complexity index is 1280. The van der Waals surface area contributed by atoms with Crippen LogP contribution in [0.5, 0.6) is 0 Å². The van der Waals surface area contributed by atoms with Crippen molar-refractivity contribution in [3.05, 3.63) is 102 Å². The van der Waals surface area contributed by atoms with Crippen LogP contribution in [0.1, 0.15) is 21.5 Å². The predicted molar refractivity (Wildman–Crippen MR) is 115 cm³/mol. The summed E-state index contributed by atoms with van der Waals surface area (Å²) in [5.74, 6) is -1.46. The molecule has 2 N–H and O–H groups in total. The van der Waals surface area contributed by atoms with Gasteiger partial charge in [0.15, 0.2) is 0 Å². The number of benzene rings is 3. The van der Waals surface area contributed by atoms with E-state index in [0.29, 0.717) is 28.2 Å². The third-order valence-corrected chi connectivity index (χ3v) is 4.96. The van der Waals surface area contributed by atoms with Gasteiger partial charge in [0, 0.05) is 29.6 Å². The van der Waals surface area contributed by atoms with Crippen LogP contribution >= 0.6 is 0 Å². The predicted octanol–water partition coefficient (Wildman–Crippen LogP) is 6.01. The number of carboxylic acid groups (broad SMARTS) is 1. The number of nitrogens with one attached hydrogen (secondary N) is 1. The van der Waals surface area contributed by atoms with Crippen molar-refractivity contribution in [1.29, 1.82) is 0 Å². The minimum Gasteiger partial charge on any atom is -0.478 e. The number of aromatic carboxylic acids is 1. The van der Waals surface area contributed by atoms with Crippen molar-refractivity contribution in [1.82, 2.24) is 9.78 Å². The zero-order chi connectivity index (χ0) is 23.6. The molecule has 0 spiro atoms. The number of carboxylic acids is 1. The van der Waals surface area contributed by atoms with E-state index >= 15 is 0 Å². The molecule has 0 amide bonds. The highest BCUT2D eigenvalue weighted by Gasteiger charge is 2.30. The molecule has 0 radical (unpaired) electrons. The Labute approximate surface area is 185 Å². The van der Waals surface area contributed by atoms with Crippen molar-refractivity contribution in [2.24, 2.45) is 0 Å². The van der Waals surface area contributed by atoms with E-state index in [0.717, 1.165) is 12.1 Å². The monoisotopic (exact) mass is 455 g/mol. The van der Waals surface area contributed by atoms with Crippen LogP contribution in [0.25, 0.3) is 16.9 Å². The maximum absolute atomic E-state index is 13.5. The van der Waals surface area contributed by atoms with Crippen LogP contribution in [-0.4, -0.2) is 20.9 Å². The lowest BCUT2D eigenvalue weighted by molar-refractivity contribution is -0.137. The molecular weight excluding hydrogens is 438 g/mol. The van der Waals surface area contributed by atoms with Crippen LogP contribution in [0.2, 0.25) is 0 Å². The molecule has 5 nitrogen and oxygen atoms in total. The zero-order valence-corrected chi connectivity index (χ0v) is 17.0. The van der Waals surface area contributed by atoms with E-state index in [4.69, 9.17) is 5.11 Å². The van der Waals surface area contributed by atoms with Crippen molar-refractivity contribution in [3.63, 3.8) is 0 Å². The van der Waals surface area contributed by atoms with Crippen LogP contribution in [-0.2, 0) is 12.7 Å². The van der Waals surface area contributed by atoms with Crippen LogP contribution in [0.3, 0.4) is 0 Å². The first-order valence-electron chi connectivity index (χ1n) is 9.80. The van der Waals surface area contributed by atoms with E-state index < -0.39 is 23.5 Å². The van der Waals surface area contributed by atoms with Gasteiger partial charge < -0.3 is 10.4 Å². The summed E-state index contributed by atoms with van der Waals surface area (Å²) in [7, 11) is 0. The molecule has 0 atom stereocenters. The van der Waals surface area contributed by atoms with E-state index in [1.165, 1.54) is 41.1 Å². The molecule has 0 aliphatic heterocycles. The number of alkyl halides is 3. The number of rotatable bonds is 6. The molecule has 3 aromatic carbocycles. The van der Waals surface area contributed by atoms with Crippen LogP contribution in [0, 0.1) is 5.82 Å². The van der Waals surface area contributed by atoms with Gasteiger partial charge >= 0.3 is 12.1 Å². The standard InChI is InChI=1S/C24H17F4N3O2/c25-19-2-1-3-20(12-19)29-13-17-14-31(21-10-8-18(9-11-21)24(26,27)28)30-22(17)15-4-6-16(7-5-15)23(32)33/h1-12,14,29H,13H2,(H,32,33). The minimum absolute atomic E-state index is 0.111. The SMILES string of the molecule is O=C(O)c1ccc(-c2nn(-c3ccc(C(F)(F)F)cc3)cc2CNc2cccc(F)c2)cc1. The molecule has 0 saturated heterocycles. The van der Waals surface area contributed by atoms with Gasteiger partial charge in [0.2, 0.25) is 0 Å². The van der Waals surface area contributed by atoms with E-state index in [1.807, 2.05) is 0 Å². The first-order valence-corrected chi connectivity index (χ1v) is 9.80. The lowest BCUT2D eigenvalue weighted by atomic mass is 10.1. The van der Waals surface area contributed by atoms with Gasteiger partial charge in [-0.25, -0.2) is 13.9 Å². The molecule has 0 aliphatic rings. The van der Waals surface area contributed by atoms with Crippen molar-refractivity contribution in [3.8, 4) is 16.9 Å². The van der Waals surface area contributed by atoms with Crippen LogP contribution in [0.4, 0.5) is 23.2 Å². The number of halogens is 4. The Morgan fingerprint density at radius 1 is 1.00 bits per heavy atom. The summed E-state index contributed by atoms with van der Waals surface area (Å²) in [6.45, 7) is 0.250. The number of hydrogen-bond donors (Lipinski definition) is 2. The first kappa shape index (κ1) is 22.1. The van der Waals surface area contributed by atoms with E-state index in [-0.39, 0.29) is 12.1 Å². The van der Waals surface area contributed by atoms with Crippen LogP contribution in [0.15, 0.2) is 79.0 Å². The summed E-state index contributed by atoms with van der Waals surface area (Å²) >= 11 is 0. The Hall–Kier alpha value is -4.14. The van der Waals surface area contributed by atoms with Crippen molar-refractivity contribution in [2.75, 3.05) is 5.32 Å². The Morgan fingerprint density at radius 3 is 2.30 bits per heavy atom. The highest BCUT2D eigenvalue weighted by molar-refractivity contribution is 5.88. The van der Waals surface area contributed by atoms with Gasteiger partial charge in [-0.15, -0.1) is 0 Å². The first-order chi connectivity index (χ1) is 15.7. The Kier molecular flexibility index (Phi) is 5.87. The lowest BCUT2D eigenvalue weighted by Crippen LogP contribution is -2.05. The molecule has 0 bridgehead atoms. The fourth-order valence-corrected chi connectivity index (χ4v) is 3.28. The fourth-order valence-electron chi connectivity index (χ4n) is 3.28. The molecule has 33 heavy (non-hydrogen) atoms. The summed E-state index contributed by atoms with van der Waals surface area (Å²) in [5, 5.41) is 16.7. The van der Waals surface area contributed by atoms with Gasteiger partial charge in [-0.3, -0.25) is 0 Å². The topological polar surface area (TPSA) is 67.1 Å². The molecule has 9 heteroatoms. The molecule has 1 heterocycles. The third kappa shape index (κ3) is 5.03. The molecule has 0 unspecified atom stereocenters. The van der Waals surface area contributed by atoms with Crippen LogP contribution < -0.4 is 5.32 Å². The van der Waals surface area contributed by atoms with Gasteiger partial charge in [-0.05, 0) is 54.6 Å². The third-order valence-electron chi connectivity index (χ3n) is 4.96.